The average Bonchev–Trinajstić information content (AvgIpc) is 2.90. The number of hydrogen-bond donors (Lipinski definition) is 0. The van der Waals surface area contributed by atoms with Gasteiger partial charge in [-0.1, -0.05) is 11.6 Å². The molecule has 0 aromatic carbocycles. The van der Waals surface area contributed by atoms with Gasteiger partial charge in [0.25, 0.3) is 0 Å². The normalized spacial score (nSPS) is 18.3. The summed E-state index contributed by atoms with van der Waals surface area (Å²) in [6.07, 6.45) is 3.40. The van der Waals surface area contributed by atoms with Crippen molar-refractivity contribution in [2.24, 2.45) is 0 Å². The summed E-state index contributed by atoms with van der Waals surface area (Å²) < 4.78 is 13.2. The molecule has 1 aliphatic rings. The Kier molecular flexibility index (Phi) is 1.84. The summed E-state index contributed by atoms with van der Waals surface area (Å²) in [7, 11) is 0. The lowest BCUT2D eigenvalue weighted by atomic mass is 10.00. The first kappa shape index (κ1) is 8.63. The molecule has 0 unspecified atom stereocenters. The van der Waals surface area contributed by atoms with Crippen molar-refractivity contribution < 1.29 is 9.18 Å². The van der Waals surface area contributed by atoms with Crippen molar-refractivity contribution >= 4 is 17.9 Å². The van der Waals surface area contributed by atoms with Crippen molar-refractivity contribution in [1.29, 1.82) is 0 Å². The molecule has 1 aromatic heterocycles. The Morgan fingerprint density at radius 3 is 2.85 bits per heavy atom. The van der Waals surface area contributed by atoms with Crippen LogP contribution in [0, 0.1) is 5.95 Å². The highest BCUT2D eigenvalue weighted by molar-refractivity contribution is 6.30. The van der Waals surface area contributed by atoms with Crippen molar-refractivity contribution in [3.8, 4) is 0 Å². The van der Waals surface area contributed by atoms with E-state index in [2.05, 4.69) is 4.98 Å². The predicted molar refractivity (Wildman–Crippen MR) is 46.2 cm³/mol. The Bertz CT molecular complexity index is 363. The second-order valence-electron chi connectivity index (χ2n) is 3.27. The van der Waals surface area contributed by atoms with Crippen LogP contribution in [-0.2, 0) is 10.2 Å². The Labute approximate surface area is 79.7 Å². The van der Waals surface area contributed by atoms with Gasteiger partial charge in [0.15, 0.2) is 0 Å². The van der Waals surface area contributed by atoms with Crippen LogP contribution in [0.4, 0.5) is 4.39 Å². The third kappa shape index (κ3) is 1.33. The lowest BCUT2D eigenvalue weighted by Gasteiger charge is -2.07. The highest BCUT2D eigenvalue weighted by Gasteiger charge is 2.46. The lowest BCUT2D eigenvalue weighted by molar-refractivity contribution is -0.109. The molecule has 0 bridgehead atoms. The third-order valence-electron chi connectivity index (χ3n) is 2.36. The third-order valence-corrected chi connectivity index (χ3v) is 2.56. The largest absolute Gasteiger partial charge is 0.302 e. The number of pyridine rings is 1. The summed E-state index contributed by atoms with van der Waals surface area (Å²) in [5, 5.41) is 0.365. The fraction of sp³-hybridized carbons (Fsp3) is 0.333. The van der Waals surface area contributed by atoms with Crippen LogP contribution >= 0.6 is 11.6 Å². The van der Waals surface area contributed by atoms with E-state index in [1.54, 1.807) is 0 Å². The van der Waals surface area contributed by atoms with Crippen LogP contribution in [0.1, 0.15) is 18.4 Å². The van der Waals surface area contributed by atoms with Gasteiger partial charge in [0.1, 0.15) is 6.29 Å². The van der Waals surface area contributed by atoms with Gasteiger partial charge in [-0.3, -0.25) is 0 Å². The van der Waals surface area contributed by atoms with E-state index in [-0.39, 0.29) is 0 Å². The Hall–Kier alpha value is -0.960. The minimum Gasteiger partial charge on any atom is -0.302 e. The SMILES string of the molecule is O=CC1(c2cc(Cl)cnc2F)CC1. The van der Waals surface area contributed by atoms with Crippen molar-refractivity contribution in [3.05, 3.63) is 28.8 Å². The number of nitrogens with zero attached hydrogens (tertiary/aromatic N) is 1. The lowest BCUT2D eigenvalue weighted by Crippen LogP contribution is -2.11. The van der Waals surface area contributed by atoms with Gasteiger partial charge in [0, 0.05) is 11.8 Å². The molecule has 0 spiro atoms. The van der Waals surface area contributed by atoms with E-state index >= 15 is 0 Å². The Morgan fingerprint density at radius 2 is 2.31 bits per heavy atom. The van der Waals surface area contributed by atoms with E-state index in [1.807, 2.05) is 0 Å². The topological polar surface area (TPSA) is 30.0 Å². The van der Waals surface area contributed by atoms with Crippen LogP contribution in [0.25, 0.3) is 0 Å². The molecule has 1 heterocycles. The monoisotopic (exact) mass is 199 g/mol. The summed E-state index contributed by atoms with van der Waals surface area (Å²) in [5.74, 6) is -0.589. The van der Waals surface area contributed by atoms with E-state index < -0.39 is 11.4 Å². The summed E-state index contributed by atoms with van der Waals surface area (Å²) in [6.45, 7) is 0. The maximum atomic E-state index is 13.2. The van der Waals surface area contributed by atoms with Gasteiger partial charge in [-0.05, 0) is 18.9 Å². The minimum atomic E-state index is -0.637. The first-order valence-corrected chi connectivity index (χ1v) is 4.34. The average molecular weight is 200 g/mol. The van der Waals surface area contributed by atoms with E-state index in [1.165, 1.54) is 12.3 Å². The molecule has 13 heavy (non-hydrogen) atoms. The first-order chi connectivity index (χ1) is 6.18. The molecule has 2 nitrogen and oxygen atoms in total. The number of hydrogen-bond acceptors (Lipinski definition) is 2. The molecule has 0 atom stereocenters. The summed E-state index contributed by atoms with van der Waals surface area (Å²) in [6, 6.07) is 1.48. The zero-order valence-corrected chi connectivity index (χ0v) is 7.51. The molecular weight excluding hydrogens is 193 g/mol. The van der Waals surface area contributed by atoms with Crippen LogP contribution in [0.2, 0.25) is 5.02 Å². The van der Waals surface area contributed by atoms with Crippen molar-refractivity contribution in [1.82, 2.24) is 4.98 Å². The van der Waals surface area contributed by atoms with Gasteiger partial charge in [-0.15, -0.1) is 0 Å². The second-order valence-corrected chi connectivity index (χ2v) is 3.70. The molecule has 68 valence electrons. The number of aldehydes is 1. The van der Waals surface area contributed by atoms with Crippen molar-refractivity contribution in [3.63, 3.8) is 0 Å². The first-order valence-electron chi connectivity index (χ1n) is 3.96. The molecular formula is C9H7ClFNO. The van der Waals surface area contributed by atoms with Crippen LogP contribution in [0.5, 0.6) is 0 Å². The summed E-state index contributed by atoms with van der Waals surface area (Å²) >= 11 is 5.66. The molecule has 2 rings (SSSR count). The molecule has 0 N–H and O–H groups in total. The molecule has 0 amide bonds. The van der Waals surface area contributed by atoms with Crippen LogP contribution in [0.3, 0.4) is 0 Å². The maximum absolute atomic E-state index is 13.2. The number of carbonyl (C=O) groups excluding carboxylic acids is 1. The van der Waals surface area contributed by atoms with Crippen molar-refractivity contribution in [2.45, 2.75) is 18.3 Å². The van der Waals surface area contributed by atoms with Crippen LogP contribution in [-0.4, -0.2) is 11.3 Å². The highest BCUT2D eigenvalue weighted by Crippen LogP contribution is 2.47. The van der Waals surface area contributed by atoms with E-state index in [4.69, 9.17) is 11.6 Å². The molecule has 0 radical (unpaired) electrons. The Balaban J connectivity index is 2.50. The van der Waals surface area contributed by atoms with Crippen LogP contribution in [0.15, 0.2) is 12.3 Å². The quantitative estimate of drug-likeness (QED) is 0.539. The number of rotatable bonds is 2. The highest BCUT2D eigenvalue weighted by atomic mass is 35.5. The van der Waals surface area contributed by atoms with Gasteiger partial charge in [-0.25, -0.2) is 4.98 Å². The second kappa shape index (κ2) is 2.77. The molecule has 4 heteroatoms. The van der Waals surface area contributed by atoms with Gasteiger partial charge in [0.2, 0.25) is 5.95 Å². The zero-order chi connectivity index (χ0) is 9.47. The smallest absolute Gasteiger partial charge is 0.217 e. The predicted octanol–water partition coefficient (Wildman–Crippen LogP) is 2.10. The number of halogens is 2. The standard InChI is InChI=1S/C9H7ClFNO/c10-6-3-7(8(11)12-4-6)9(5-13)1-2-9/h3-5H,1-2H2. The summed E-state index contributed by atoms with van der Waals surface area (Å²) in [5.41, 5.74) is -0.308. The molecule has 1 aliphatic carbocycles. The summed E-state index contributed by atoms with van der Waals surface area (Å²) in [4.78, 5) is 14.2. The minimum absolute atomic E-state index is 0.329. The maximum Gasteiger partial charge on any atom is 0.217 e. The number of carbonyl (C=O) groups is 1. The molecule has 1 fully saturated rings. The molecule has 0 saturated heterocycles. The van der Waals surface area contributed by atoms with E-state index in [0.717, 1.165) is 6.29 Å². The zero-order valence-electron chi connectivity index (χ0n) is 6.76. The van der Waals surface area contributed by atoms with E-state index in [0.29, 0.717) is 23.4 Å². The molecule has 1 aromatic rings. The fourth-order valence-corrected chi connectivity index (χ4v) is 1.51. The molecule has 1 saturated carbocycles. The van der Waals surface area contributed by atoms with Gasteiger partial charge < -0.3 is 4.79 Å². The fourth-order valence-electron chi connectivity index (χ4n) is 1.36. The van der Waals surface area contributed by atoms with E-state index in [9.17, 15) is 9.18 Å². The van der Waals surface area contributed by atoms with Crippen LogP contribution < -0.4 is 0 Å². The van der Waals surface area contributed by atoms with Gasteiger partial charge >= 0.3 is 0 Å². The van der Waals surface area contributed by atoms with Crippen molar-refractivity contribution in [2.75, 3.05) is 0 Å². The van der Waals surface area contributed by atoms with Gasteiger partial charge in [-0.2, -0.15) is 4.39 Å². The molecule has 0 aliphatic heterocycles. The Morgan fingerprint density at radius 1 is 1.62 bits per heavy atom. The van der Waals surface area contributed by atoms with Gasteiger partial charge in [0.05, 0.1) is 10.4 Å². The number of aromatic nitrogens is 1.